The number of amides is 1. The predicted octanol–water partition coefficient (Wildman–Crippen LogP) is 3.07. The Balaban J connectivity index is 1.90. The first-order valence-corrected chi connectivity index (χ1v) is 6.83. The van der Waals surface area contributed by atoms with Crippen LogP contribution >= 0.6 is 11.6 Å². The molecule has 1 aliphatic heterocycles. The van der Waals surface area contributed by atoms with Crippen LogP contribution in [0.1, 0.15) is 24.8 Å². The lowest BCUT2D eigenvalue weighted by Gasteiger charge is -2.27. The van der Waals surface area contributed by atoms with Crippen molar-refractivity contribution < 1.29 is 4.79 Å². The van der Waals surface area contributed by atoms with Gasteiger partial charge in [0.15, 0.2) is 0 Å². The van der Waals surface area contributed by atoms with E-state index in [1.54, 1.807) is 0 Å². The summed E-state index contributed by atoms with van der Waals surface area (Å²) in [5.41, 5.74) is 1.93. The van der Waals surface area contributed by atoms with Crippen LogP contribution in [0.5, 0.6) is 0 Å². The van der Waals surface area contributed by atoms with Gasteiger partial charge >= 0.3 is 0 Å². The van der Waals surface area contributed by atoms with Crippen LogP contribution in [0.2, 0.25) is 5.02 Å². The molecular weight excluding hydrogens is 248 g/mol. The van der Waals surface area contributed by atoms with E-state index in [2.05, 4.69) is 5.32 Å². The van der Waals surface area contributed by atoms with E-state index in [9.17, 15) is 4.79 Å². The van der Waals surface area contributed by atoms with Crippen LogP contribution in [0.3, 0.4) is 0 Å². The minimum atomic E-state index is 0.175. The molecule has 1 aliphatic rings. The molecule has 1 saturated heterocycles. The molecule has 98 valence electrons. The Bertz CT molecular complexity index is 428. The summed E-state index contributed by atoms with van der Waals surface area (Å²) < 4.78 is 0. The molecule has 3 nitrogen and oxygen atoms in total. The van der Waals surface area contributed by atoms with Gasteiger partial charge in [-0.05, 0) is 43.9 Å². The Morgan fingerprint density at radius 2 is 2.06 bits per heavy atom. The first-order chi connectivity index (χ1) is 8.68. The van der Waals surface area contributed by atoms with Crippen LogP contribution in [0, 0.1) is 6.92 Å². The average molecular weight is 267 g/mol. The molecule has 1 fully saturated rings. The molecule has 0 saturated carbocycles. The van der Waals surface area contributed by atoms with Gasteiger partial charge in [-0.25, -0.2) is 0 Å². The highest BCUT2D eigenvalue weighted by Crippen LogP contribution is 2.22. The normalized spacial score (nSPS) is 15.6. The van der Waals surface area contributed by atoms with Gasteiger partial charge in [0, 0.05) is 23.8 Å². The first kappa shape index (κ1) is 13.2. The summed E-state index contributed by atoms with van der Waals surface area (Å²) >= 11 is 6.04. The highest BCUT2D eigenvalue weighted by atomic mass is 35.5. The summed E-state index contributed by atoms with van der Waals surface area (Å²) in [6, 6.07) is 5.70. The minimum Gasteiger partial charge on any atom is -0.376 e. The Kier molecular flexibility index (Phi) is 4.48. The monoisotopic (exact) mass is 266 g/mol. The number of hydrogen-bond acceptors (Lipinski definition) is 2. The number of nitrogens with zero attached hydrogens (tertiary/aromatic N) is 1. The van der Waals surface area contributed by atoms with E-state index in [1.165, 1.54) is 6.42 Å². The summed E-state index contributed by atoms with van der Waals surface area (Å²) in [6.07, 6.45) is 3.49. The minimum absolute atomic E-state index is 0.175. The Morgan fingerprint density at radius 3 is 2.78 bits per heavy atom. The van der Waals surface area contributed by atoms with Gasteiger partial charge in [0.1, 0.15) is 0 Å². The van der Waals surface area contributed by atoms with Crippen LogP contribution in [0.25, 0.3) is 0 Å². The fourth-order valence-corrected chi connectivity index (χ4v) is 2.40. The zero-order chi connectivity index (χ0) is 13.0. The van der Waals surface area contributed by atoms with Crippen LogP contribution in [0.4, 0.5) is 5.69 Å². The lowest BCUT2D eigenvalue weighted by Crippen LogP contribution is -2.39. The van der Waals surface area contributed by atoms with Crippen molar-refractivity contribution in [2.45, 2.75) is 26.2 Å². The lowest BCUT2D eigenvalue weighted by atomic mass is 10.1. The number of carbonyl (C=O) groups is 1. The van der Waals surface area contributed by atoms with Gasteiger partial charge in [-0.2, -0.15) is 0 Å². The average Bonchev–Trinajstić information content (AvgIpc) is 2.41. The Hall–Kier alpha value is -1.22. The van der Waals surface area contributed by atoms with E-state index in [-0.39, 0.29) is 5.91 Å². The highest BCUT2D eigenvalue weighted by molar-refractivity contribution is 6.31. The molecule has 0 aliphatic carbocycles. The van der Waals surface area contributed by atoms with Crippen LogP contribution in [-0.2, 0) is 4.79 Å². The van der Waals surface area contributed by atoms with Crippen molar-refractivity contribution >= 4 is 23.2 Å². The molecule has 0 unspecified atom stereocenters. The first-order valence-electron chi connectivity index (χ1n) is 6.45. The smallest absolute Gasteiger partial charge is 0.241 e. The van der Waals surface area contributed by atoms with Gasteiger partial charge in [-0.3, -0.25) is 4.79 Å². The SMILES string of the molecule is Cc1c(Cl)cccc1NCC(=O)N1CCCCC1. The number of halogens is 1. The van der Waals surface area contributed by atoms with Gasteiger partial charge in [0.25, 0.3) is 0 Å². The van der Waals surface area contributed by atoms with Crippen molar-refractivity contribution in [2.75, 3.05) is 25.0 Å². The number of rotatable bonds is 3. The quantitative estimate of drug-likeness (QED) is 0.912. The largest absolute Gasteiger partial charge is 0.376 e. The molecule has 1 aromatic carbocycles. The van der Waals surface area contributed by atoms with Crippen molar-refractivity contribution in [1.29, 1.82) is 0 Å². The van der Waals surface area contributed by atoms with E-state index in [0.717, 1.165) is 42.2 Å². The topological polar surface area (TPSA) is 32.3 Å². The predicted molar refractivity (Wildman–Crippen MR) is 75.1 cm³/mol. The third-order valence-corrected chi connectivity index (χ3v) is 3.82. The fraction of sp³-hybridized carbons (Fsp3) is 0.500. The van der Waals surface area contributed by atoms with Crippen LogP contribution in [0.15, 0.2) is 18.2 Å². The summed E-state index contributed by atoms with van der Waals surface area (Å²) in [6.45, 7) is 4.10. The van der Waals surface area contributed by atoms with Crippen LogP contribution < -0.4 is 5.32 Å². The maximum atomic E-state index is 12.0. The summed E-state index contributed by atoms with van der Waals surface area (Å²) in [5.74, 6) is 0.175. The third-order valence-electron chi connectivity index (χ3n) is 3.41. The molecule has 0 atom stereocenters. The summed E-state index contributed by atoms with van der Waals surface area (Å²) in [5, 5.41) is 3.90. The summed E-state index contributed by atoms with van der Waals surface area (Å²) in [7, 11) is 0. The van der Waals surface area contributed by atoms with Crippen molar-refractivity contribution in [2.24, 2.45) is 0 Å². The molecule has 1 N–H and O–H groups in total. The second-order valence-electron chi connectivity index (χ2n) is 4.71. The summed E-state index contributed by atoms with van der Waals surface area (Å²) in [4.78, 5) is 13.9. The van der Waals surface area contributed by atoms with E-state index in [0.29, 0.717) is 6.54 Å². The van der Waals surface area contributed by atoms with E-state index in [4.69, 9.17) is 11.6 Å². The number of anilines is 1. The molecule has 0 spiro atoms. The van der Waals surface area contributed by atoms with Crippen molar-refractivity contribution in [3.63, 3.8) is 0 Å². The second kappa shape index (κ2) is 6.10. The van der Waals surface area contributed by atoms with Crippen LogP contribution in [-0.4, -0.2) is 30.4 Å². The van der Waals surface area contributed by atoms with Gasteiger partial charge in [-0.1, -0.05) is 17.7 Å². The maximum absolute atomic E-state index is 12.0. The van der Waals surface area contributed by atoms with Gasteiger partial charge in [0.2, 0.25) is 5.91 Å². The second-order valence-corrected chi connectivity index (χ2v) is 5.11. The lowest BCUT2D eigenvalue weighted by molar-refractivity contribution is -0.130. The molecule has 1 heterocycles. The van der Waals surface area contributed by atoms with Gasteiger partial charge in [-0.15, -0.1) is 0 Å². The van der Waals surface area contributed by atoms with E-state index >= 15 is 0 Å². The molecule has 1 amide bonds. The van der Waals surface area contributed by atoms with Crippen molar-refractivity contribution in [3.8, 4) is 0 Å². The fourth-order valence-electron chi connectivity index (χ4n) is 2.22. The highest BCUT2D eigenvalue weighted by Gasteiger charge is 2.16. The molecule has 0 radical (unpaired) electrons. The Labute approximate surface area is 113 Å². The standard InChI is InChI=1S/C14H19ClN2O/c1-11-12(15)6-5-7-13(11)16-10-14(18)17-8-3-2-4-9-17/h5-7,16H,2-4,8-10H2,1H3. The Morgan fingerprint density at radius 1 is 1.33 bits per heavy atom. The zero-order valence-electron chi connectivity index (χ0n) is 10.7. The van der Waals surface area contributed by atoms with Gasteiger partial charge in [0.05, 0.1) is 6.54 Å². The van der Waals surface area contributed by atoms with Gasteiger partial charge < -0.3 is 10.2 Å². The molecule has 0 aromatic heterocycles. The van der Waals surface area contributed by atoms with Crippen molar-refractivity contribution in [1.82, 2.24) is 4.90 Å². The van der Waals surface area contributed by atoms with E-state index in [1.807, 2.05) is 30.0 Å². The molecule has 1 aromatic rings. The molecular formula is C14H19ClN2O. The number of nitrogens with one attached hydrogen (secondary N) is 1. The third kappa shape index (κ3) is 3.16. The van der Waals surface area contributed by atoms with E-state index < -0.39 is 0 Å². The number of hydrogen-bond donors (Lipinski definition) is 1. The molecule has 4 heteroatoms. The number of carbonyl (C=O) groups excluding carboxylic acids is 1. The number of benzene rings is 1. The molecule has 0 bridgehead atoms. The number of piperidine rings is 1. The zero-order valence-corrected chi connectivity index (χ0v) is 11.5. The maximum Gasteiger partial charge on any atom is 0.241 e. The molecule has 2 rings (SSSR count). The number of likely N-dealkylation sites (tertiary alicyclic amines) is 1. The van der Waals surface area contributed by atoms with Crippen molar-refractivity contribution in [3.05, 3.63) is 28.8 Å². The molecule has 18 heavy (non-hydrogen) atoms.